The average Bonchev–Trinajstić information content (AvgIpc) is 2.60. The van der Waals surface area contributed by atoms with Crippen molar-refractivity contribution in [2.45, 2.75) is 26.1 Å². The lowest BCUT2D eigenvalue weighted by Crippen LogP contribution is -2.40. The van der Waals surface area contributed by atoms with Crippen molar-refractivity contribution in [3.05, 3.63) is 35.9 Å². The summed E-state index contributed by atoms with van der Waals surface area (Å²) in [6, 6.07) is 9.97. The van der Waals surface area contributed by atoms with Crippen molar-refractivity contribution in [1.29, 1.82) is 0 Å². The van der Waals surface area contributed by atoms with Gasteiger partial charge in [0.25, 0.3) is 0 Å². The second-order valence-corrected chi connectivity index (χ2v) is 6.01. The van der Waals surface area contributed by atoms with Crippen molar-refractivity contribution in [2.24, 2.45) is 10.9 Å². The Morgan fingerprint density at radius 1 is 1.15 bits per heavy atom. The molecular formula is C18H29F3IN3O2. The van der Waals surface area contributed by atoms with E-state index in [1.807, 2.05) is 30.3 Å². The molecular weight excluding hydrogens is 474 g/mol. The van der Waals surface area contributed by atoms with Crippen LogP contribution in [-0.2, 0) is 16.1 Å². The van der Waals surface area contributed by atoms with Crippen LogP contribution in [0.3, 0.4) is 0 Å². The summed E-state index contributed by atoms with van der Waals surface area (Å²) in [4.78, 5) is 4.08. The van der Waals surface area contributed by atoms with E-state index < -0.39 is 12.8 Å². The van der Waals surface area contributed by atoms with Crippen molar-refractivity contribution in [3.63, 3.8) is 0 Å². The standard InChI is InChI=1S/C18H28F3N3O2.HI/c1-15(12-26-13-16-7-4-3-5-8-16)11-24-17(22-2)23-9-6-10-25-14-18(19,20)21;/h3-5,7-8,15H,6,9-14H2,1-2H3,(H2,22,23,24);1H. The second-order valence-electron chi connectivity index (χ2n) is 6.01. The summed E-state index contributed by atoms with van der Waals surface area (Å²) < 4.78 is 46.0. The Balaban J connectivity index is 0.00000676. The van der Waals surface area contributed by atoms with Gasteiger partial charge in [0.2, 0.25) is 0 Å². The van der Waals surface area contributed by atoms with Gasteiger partial charge in [0.15, 0.2) is 5.96 Å². The summed E-state index contributed by atoms with van der Waals surface area (Å²) in [5, 5.41) is 6.21. The van der Waals surface area contributed by atoms with Gasteiger partial charge in [-0.1, -0.05) is 37.3 Å². The van der Waals surface area contributed by atoms with Gasteiger partial charge in [0.05, 0.1) is 13.2 Å². The van der Waals surface area contributed by atoms with Crippen LogP contribution in [0.5, 0.6) is 0 Å². The highest BCUT2D eigenvalue weighted by atomic mass is 127. The molecule has 0 saturated carbocycles. The molecule has 1 aromatic rings. The Bertz CT molecular complexity index is 516. The van der Waals surface area contributed by atoms with Gasteiger partial charge in [0, 0.05) is 26.7 Å². The zero-order valence-electron chi connectivity index (χ0n) is 15.7. The van der Waals surface area contributed by atoms with Crippen molar-refractivity contribution in [2.75, 3.05) is 40.0 Å². The fourth-order valence-corrected chi connectivity index (χ4v) is 2.07. The van der Waals surface area contributed by atoms with Gasteiger partial charge in [0.1, 0.15) is 6.61 Å². The van der Waals surface area contributed by atoms with Gasteiger partial charge in [-0.15, -0.1) is 24.0 Å². The average molecular weight is 503 g/mol. The van der Waals surface area contributed by atoms with E-state index in [2.05, 4.69) is 27.3 Å². The van der Waals surface area contributed by atoms with Gasteiger partial charge >= 0.3 is 6.18 Å². The third kappa shape index (κ3) is 14.6. The molecule has 1 unspecified atom stereocenters. The fourth-order valence-electron chi connectivity index (χ4n) is 2.07. The Morgan fingerprint density at radius 2 is 1.85 bits per heavy atom. The molecule has 0 aromatic heterocycles. The molecule has 1 atom stereocenters. The van der Waals surface area contributed by atoms with E-state index in [-0.39, 0.29) is 36.5 Å². The quantitative estimate of drug-likeness (QED) is 0.210. The van der Waals surface area contributed by atoms with Crippen LogP contribution in [0.25, 0.3) is 0 Å². The second kappa shape index (κ2) is 14.9. The number of nitrogens with zero attached hydrogens (tertiary/aromatic N) is 1. The number of rotatable bonds is 11. The van der Waals surface area contributed by atoms with Gasteiger partial charge in [-0.05, 0) is 17.9 Å². The summed E-state index contributed by atoms with van der Waals surface area (Å²) >= 11 is 0. The molecule has 27 heavy (non-hydrogen) atoms. The number of nitrogens with one attached hydrogen (secondary N) is 2. The zero-order valence-corrected chi connectivity index (χ0v) is 18.1. The molecule has 156 valence electrons. The molecule has 0 saturated heterocycles. The fraction of sp³-hybridized carbons (Fsp3) is 0.611. The minimum atomic E-state index is -4.27. The predicted molar refractivity (Wildman–Crippen MR) is 112 cm³/mol. The monoisotopic (exact) mass is 503 g/mol. The molecule has 0 aliphatic heterocycles. The molecule has 0 spiro atoms. The third-order valence-corrected chi connectivity index (χ3v) is 3.38. The lowest BCUT2D eigenvalue weighted by atomic mass is 10.2. The van der Waals surface area contributed by atoms with E-state index in [1.54, 1.807) is 7.05 Å². The van der Waals surface area contributed by atoms with Crippen LogP contribution in [-0.4, -0.2) is 52.1 Å². The summed E-state index contributed by atoms with van der Waals surface area (Å²) in [5.41, 5.74) is 1.14. The van der Waals surface area contributed by atoms with Crippen LogP contribution < -0.4 is 10.6 Å². The molecule has 2 N–H and O–H groups in total. The molecule has 0 bridgehead atoms. The van der Waals surface area contributed by atoms with E-state index in [0.717, 1.165) is 5.56 Å². The lowest BCUT2D eigenvalue weighted by Gasteiger charge is -2.16. The smallest absolute Gasteiger partial charge is 0.376 e. The minimum Gasteiger partial charge on any atom is -0.376 e. The molecule has 1 aromatic carbocycles. The van der Waals surface area contributed by atoms with E-state index in [0.29, 0.717) is 38.7 Å². The number of hydrogen-bond acceptors (Lipinski definition) is 3. The number of benzene rings is 1. The Morgan fingerprint density at radius 3 is 2.48 bits per heavy atom. The van der Waals surface area contributed by atoms with Gasteiger partial charge in [-0.25, -0.2) is 0 Å². The Kier molecular flexibility index (Phi) is 14.3. The van der Waals surface area contributed by atoms with E-state index >= 15 is 0 Å². The maximum atomic E-state index is 11.9. The third-order valence-electron chi connectivity index (χ3n) is 3.38. The van der Waals surface area contributed by atoms with Gasteiger partial charge in [-0.2, -0.15) is 13.2 Å². The first kappa shape index (κ1) is 25.9. The molecule has 9 heteroatoms. The highest BCUT2D eigenvalue weighted by Gasteiger charge is 2.27. The summed E-state index contributed by atoms with van der Waals surface area (Å²) in [5.74, 6) is 0.892. The molecule has 0 fully saturated rings. The number of hydrogen-bond donors (Lipinski definition) is 2. The molecule has 0 amide bonds. The zero-order chi connectivity index (χ0) is 19.3. The Hall–Kier alpha value is -1.07. The number of alkyl halides is 3. The summed E-state index contributed by atoms with van der Waals surface area (Å²) in [6.45, 7) is 3.26. The molecule has 0 radical (unpaired) electrons. The molecule has 0 heterocycles. The highest BCUT2D eigenvalue weighted by Crippen LogP contribution is 2.14. The van der Waals surface area contributed by atoms with Crippen molar-refractivity contribution < 1.29 is 22.6 Å². The van der Waals surface area contributed by atoms with Crippen LogP contribution in [0.1, 0.15) is 18.9 Å². The lowest BCUT2D eigenvalue weighted by molar-refractivity contribution is -0.173. The maximum Gasteiger partial charge on any atom is 0.411 e. The molecule has 5 nitrogen and oxygen atoms in total. The maximum absolute atomic E-state index is 11.9. The Labute approximate surface area is 176 Å². The van der Waals surface area contributed by atoms with Gasteiger partial charge in [-0.3, -0.25) is 4.99 Å². The van der Waals surface area contributed by atoms with Crippen molar-refractivity contribution >= 4 is 29.9 Å². The van der Waals surface area contributed by atoms with Crippen molar-refractivity contribution in [3.8, 4) is 0 Å². The topological polar surface area (TPSA) is 54.9 Å². The predicted octanol–water partition coefficient (Wildman–Crippen LogP) is 3.59. The number of aliphatic imine (C=N–C) groups is 1. The van der Waals surface area contributed by atoms with Crippen LogP contribution in [0.2, 0.25) is 0 Å². The summed E-state index contributed by atoms with van der Waals surface area (Å²) in [6.07, 6.45) is -3.81. The number of guanidine groups is 1. The molecule has 0 aliphatic carbocycles. The molecule has 0 aliphatic rings. The van der Waals surface area contributed by atoms with Crippen LogP contribution in [0.4, 0.5) is 13.2 Å². The van der Waals surface area contributed by atoms with Crippen LogP contribution in [0.15, 0.2) is 35.3 Å². The first-order valence-electron chi connectivity index (χ1n) is 8.61. The van der Waals surface area contributed by atoms with Crippen LogP contribution in [0, 0.1) is 5.92 Å². The molecule has 1 rings (SSSR count). The number of ether oxygens (including phenoxy) is 2. The normalized spacial score (nSPS) is 13.0. The highest BCUT2D eigenvalue weighted by molar-refractivity contribution is 14.0. The van der Waals surface area contributed by atoms with Crippen LogP contribution >= 0.6 is 24.0 Å². The largest absolute Gasteiger partial charge is 0.411 e. The first-order valence-corrected chi connectivity index (χ1v) is 8.61. The van der Waals surface area contributed by atoms with E-state index in [1.165, 1.54) is 0 Å². The first-order chi connectivity index (χ1) is 12.4. The minimum absolute atomic E-state index is 0. The summed E-state index contributed by atoms with van der Waals surface area (Å²) in [7, 11) is 1.64. The SMILES string of the molecule is CN=C(NCCCOCC(F)(F)F)NCC(C)COCc1ccccc1.I. The van der Waals surface area contributed by atoms with E-state index in [9.17, 15) is 13.2 Å². The van der Waals surface area contributed by atoms with E-state index in [4.69, 9.17) is 4.74 Å². The van der Waals surface area contributed by atoms with Crippen molar-refractivity contribution in [1.82, 2.24) is 10.6 Å². The van der Waals surface area contributed by atoms with Gasteiger partial charge < -0.3 is 20.1 Å². The number of halogens is 4.